The van der Waals surface area contributed by atoms with Crippen LogP contribution in [0.4, 0.5) is 5.82 Å². The smallest absolute Gasteiger partial charge is 0.253 e. The first-order chi connectivity index (χ1) is 12.1. The average Bonchev–Trinajstić information content (AvgIpc) is 2.67. The summed E-state index contributed by atoms with van der Waals surface area (Å²) in [5.41, 5.74) is 1.89. The van der Waals surface area contributed by atoms with Gasteiger partial charge < -0.3 is 10.2 Å². The molecule has 0 spiro atoms. The summed E-state index contributed by atoms with van der Waals surface area (Å²) in [5, 5.41) is 3.28. The minimum Gasteiger partial charge on any atom is -0.366 e. The van der Waals surface area contributed by atoms with Gasteiger partial charge in [0.05, 0.1) is 0 Å². The molecule has 132 valence electrons. The van der Waals surface area contributed by atoms with Gasteiger partial charge in [-0.05, 0) is 43.7 Å². The molecular formula is C20H26N4O. The van der Waals surface area contributed by atoms with Crippen LogP contribution >= 0.6 is 0 Å². The van der Waals surface area contributed by atoms with Crippen molar-refractivity contribution in [3.05, 3.63) is 59.8 Å². The Balaban J connectivity index is 1.54. The molecule has 0 atom stereocenters. The number of carbonyl (C=O) groups excluding carboxylic acids is 1. The lowest BCUT2D eigenvalue weighted by Gasteiger charge is -2.37. The van der Waals surface area contributed by atoms with Crippen molar-refractivity contribution in [2.75, 3.05) is 31.5 Å². The predicted octanol–water partition coefficient (Wildman–Crippen LogP) is 2.86. The largest absolute Gasteiger partial charge is 0.366 e. The fourth-order valence-electron chi connectivity index (χ4n) is 3.05. The Morgan fingerprint density at radius 3 is 2.40 bits per heavy atom. The van der Waals surface area contributed by atoms with Crippen molar-refractivity contribution in [3.63, 3.8) is 0 Å². The minimum atomic E-state index is 0.132. The Labute approximate surface area is 149 Å². The van der Waals surface area contributed by atoms with E-state index in [-0.39, 0.29) is 5.91 Å². The number of carbonyl (C=O) groups is 1. The Morgan fingerprint density at radius 2 is 1.80 bits per heavy atom. The lowest BCUT2D eigenvalue weighted by molar-refractivity contribution is 0.0595. The highest BCUT2D eigenvalue weighted by Crippen LogP contribution is 2.13. The Hall–Kier alpha value is -2.40. The summed E-state index contributed by atoms with van der Waals surface area (Å²) < 4.78 is 0. The number of nitrogens with zero attached hydrogens (tertiary/aromatic N) is 3. The summed E-state index contributed by atoms with van der Waals surface area (Å²) in [6.45, 7) is 8.62. The minimum absolute atomic E-state index is 0.132. The van der Waals surface area contributed by atoms with Crippen LogP contribution < -0.4 is 5.32 Å². The van der Waals surface area contributed by atoms with Crippen LogP contribution in [0.3, 0.4) is 0 Å². The Morgan fingerprint density at radius 1 is 1.08 bits per heavy atom. The third-order valence-corrected chi connectivity index (χ3v) is 4.67. The molecule has 25 heavy (non-hydrogen) atoms. The third kappa shape index (κ3) is 4.57. The maximum Gasteiger partial charge on any atom is 0.253 e. The van der Waals surface area contributed by atoms with Gasteiger partial charge in [-0.15, -0.1) is 0 Å². The van der Waals surface area contributed by atoms with Crippen molar-refractivity contribution >= 4 is 11.7 Å². The van der Waals surface area contributed by atoms with Crippen LogP contribution in [0.1, 0.15) is 29.8 Å². The van der Waals surface area contributed by atoms with Crippen LogP contribution in [0.25, 0.3) is 0 Å². The van der Waals surface area contributed by atoms with Gasteiger partial charge in [0.1, 0.15) is 5.82 Å². The van der Waals surface area contributed by atoms with Gasteiger partial charge in [-0.1, -0.05) is 18.2 Å². The topological polar surface area (TPSA) is 48.5 Å². The highest BCUT2D eigenvalue weighted by atomic mass is 16.2. The van der Waals surface area contributed by atoms with Gasteiger partial charge in [0, 0.05) is 50.5 Å². The van der Waals surface area contributed by atoms with E-state index in [2.05, 4.69) is 29.0 Å². The summed E-state index contributed by atoms with van der Waals surface area (Å²) in [5.74, 6) is 0.985. The fourth-order valence-corrected chi connectivity index (χ4v) is 3.05. The predicted molar refractivity (Wildman–Crippen MR) is 101 cm³/mol. The first-order valence-electron chi connectivity index (χ1n) is 8.90. The zero-order valence-corrected chi connectivity index (χ0v) is 15.0. The summed E-state index contributed by atoms with van der Waals surface area (Å²) in [4.78, 5) is 21.3. The third-order valence-electron chi connectivity index (χ3n) is 4.67. The van der Waals surface area contributed by atoms with Crippen molar-refractivity contribution in [2.45, 2.75) is 26.4 Å². The van der Waals surface area contributed by atoms with Crippen LogP contribution in [0.5, 0.6) is 0 Å². The van der Waals surface area contributed by atoms with Gasteiger partial charge in [-0.3, -0.25) is 9.69 Å². The number of pyridine rings is 1. The van der Waals surface area contributed by atoms with Gasteiger partial charge in [0.2, 0.25) is 0 Å². The number of benzene rings is 1. The van der Waals surface area contributed by atoms with Crippen molar-refractivity contribution in [1.82, 2.24) is 14.8 Å². The number of aromatic nitrogens is 1. The number of anilines is 1. The number of hydrogen-bond acceptors (Lipinski definition) is 4. The van der Waals surface area contributed by atoms with Crippen molar-refractivity contribution in [2.24, 2.45) is 0 Å². The normalized spacial score (nSPS) is 15.4. The van der Waals surface area contributed by atoms with E-state index in [0.29, 0.717) is 12.6 Å². The van der Waals surface area contributed by atoms with Gasteiger partial charge >= 0.3 is 0 Å². The molecule has 0 saturated carbocycles. The van der Waals surface area contributed by atoms with Crippen molar-refractivity contribution < 1.29 is 4.79 Å². The molecule has 0 bridgehead atoms. The summed E-state index contributed by atoms with van der Waals surface area (Å²) in [6, 6.07) is 14.2. The molecule has 1 fully saturated rings. The average molecular weight is 338 g/mol. The number of amides is 1. The first-order valence-corrected chi connectivity index (χ1v) is 8.90. The van der Waals surface area contributed by atoms with Crippen LogP contribution in [0.15, 0.2) is 48.7 Å². The standard InChI is InChI=1S/C20H26N4O/c1-16(2)23-11-13-24(14-12-23)20(25)18-8-6-17(7-9-18)15-22-19-5-3-4-10-21-19/h3-10,16H,11-15H2,1-2H3,(H,21,22). The maximum absolute atomic E-state index is 12.6. The summed E-state index contributed by atoms with van der Waals surface area (Å²) >= 11 is 0. The molecule has 1 N–H and O–H groups in total. The maximum atomic E-state index is 12.6. The zero-order chi connectivity index (χ0) is 17.6. The second-order valence-corrected chi connectivity index (χ2v) is 6.69. The van der Waals surface area contributed by atoms with Gasteiger partial charge in [0.25, 0.3) is 5.91 Å². The molecule has 1 aromatic heterocycles. The molecule has 1 saturated heterocycles. The molecule has 2 aromatic rings. The molecule has 1 amide bonds. The lowest BCUT2D eigenvalue weighted by atomic mass is 10.1. The summed E-state index contributed by atoms with van der Waals surface area (Å²) in [7, 11) is 0. The molecule has 0 aliphatic carbocycles. The van der Waals surface area contributed by atoms with Crippen molar-refractivity contribution in [1.29, 1.82) is 0 Å². The van der Waals surface area contributed by atoms with Crippen molar-refractivity contribution in [3.8, 4) is 0 Å². The Bertz CT molecular complexity index is 677. The Kier molecular flexibility index (Phi) is 5.66. The van der Waals surface area contributed by atoms with Crippen LogP contribution in [-0.4, -0.2) is 52.9 Å². The molecular weight excluding hydrogens is 312 g/mol. The molecule has 1 aliphatic heterocycles. The number of nitrogens with one attached hydrogen (secondary N) is 1. The van der Waals surface area contributed by atoms with E-state index < -0.39 is 0 Å². The van der Waals surface area contributed by atoms with E-state index in [4.69, 9.17) is 0 Å². The SMILES string of the molecule is CC(C)N1CCN(C(=O)c2ccc(CNc3ccccn3)cc2)CC1. The van der Waals surface area contributed by atoms with E-state index in [1.807, 2.05) is 47.4 Å². The highest BCUT2D eigenvalue weighted by molar-refractivity contribution is 5.94. The molecule has 2 heterocycles. The van der Waals surface area contributed by atoms with E-state index in [9.17, 15) is 4.79 Å². The van der Waals surface area contributed by atoms with Crippen LogP contribution in [0.2, 0.25) is 0 Å². The first kappa shape index (κ1) is 17.4. The van der Waals surface area contributed by atoms with Crippen LogP contribution in [0, 0.1) is 0 Å². The summed E-state index contributed by atoms with van der Waals surface area (Å²) in [6.07, 6.45) is 1.77. The molecule has 5 heteroatoms. The second-order valence-electron chi connectivity index (χ2n) is 6.69. The monoisotopic (exact) mass is 338 g/mol. The van der Waals surface area contributed by atoms with E-state index in [1.54, 1.807) is 6.20 Å². The lowest BCUT2D eigenvalue weighted by Crippen LogP contribution is -2.50. The fraction of sp³-hybridized carbons (Fsp3) is 0.400. The molecule has 1 aromatic carbocycles. The number of piperazine rings is 1. The molecule has 0 radical (unpaired) electrons. The van der Waals surface area contributed by atoms with Gasteiger partial charge in [-0.25, -0.2) is 4.98 Å². The molecule has 3 rings (SSSR count). The number of rotatable bonds is 5. The van der Waals surface area contributed by atoms with Gasteiger partial charge in [0.15, 0.2) is 0 Å². The van der Waals surface area contributed by atoms with E-state index in [1.165, 1.54) is 0 Å². The van der Waals surface area contributed by atoms with Crippen LogP contribution in [-0.2, 0) is 6.54 Å². The molecule has 1 aliphatic rings. The highest BCUT2D eigenvalue weighted by Gasteiger charge is 2.23. The zero-order valence-electron chi connectivity index (χ0n) is 15.0. The van der Waals surface area contributed by atoms with E-state index >= 15 is 0 Å². The number of hydrogen-bond donors (Lipinski definition) is 1. The quantitative estimate of drug-likeness (QED) is 0.911. The molecule has 5 nitrogen and oxygen atoms in total. The van der Waals surface area contributed by atoms with E-state index in [0.717, 1.165) is 43.1 Å². The van der Waals surface area contributed by atoms with Gasteiger partial charge in [-0.2, -0.15) is 0 Å². The second kappa shape index (κ2) is 8.12. The molecule has 0 unspecified atom stereocenters.